The van der Waals surface area contributed by atoms with Crippen molar-refractivity contribution in [2.45, 2.75) is 26.0 Å². The van der Waals surface area contributed by atoms with Crippen molar-refractivity contribution in [1.29, 1.82) is 0 Å². The number of pyridine rings is 1. The normalized spacial score (nSPS) is 12.7. The lowest BCUT2D eigenvalue weighted by molar-refractivity contribution is 0.167. The Morgan fingerprint density at radius 3 is 3.00 bits per heavy atom. The second kappa shape index (κ2) is 5.57. The monoisotopic (exact) mass is 196 g/mol. The second-order valence-electron chi connectivity index (χ2n) is 3.16. The fourth-order valence-corrected chi connectivity index (χ4v) is 1.07. The van der Waals surface area contributed by atoms with E-state index in [1.54, 1.807) is 18.3 Å². The third kappa shape index (κ3) is 3.32. The maximum atomic E-state index is 9.37. The lowest BCUT2D eigenvalue weighted by Crippen LogP contribution is -2.26. The van der Waals surface area contributed by atoms with Gasteiger partial charge in [0.1, 0.15) is 5.75 Å². The SMILES string of the molecule is CC[C@H](O)CNCc1ncccc1O. The van der Waals surface area contributed by atoms with Crippen LogP contribution in [0.25, 0.3) is 0 Å². The van der Waals surface area contributed by atoms with Crippen molar-refractivity contribution in [2.75, 3.05) is 6.54 Å². The van der Waals surface area contributed by atoms with E-state index >= 15 is 0 Å². The summed E-state index contributed by atoms with van der Waals surface area (Å²) in [6.07, 6.45) is 2.02. The molecule has 1 atom stereocenters. The van der Waals surface area contributed by atoms with E-state index in [0.717, 1.165) is 6.42 Å². The predicted octanol–water partition coefficient (Wildman–Crippen LogP) is 0.648. The largest absolute Gasteiger partial charge is 0.506 e. The fraction of sp³-hybridized carbons (Fsp3) is 0.500. The molecular weight excluding hydrogens is 180 g/mol. The Morgan fingerprint density at radius 2 is 2.36 bits per heavy atom. The van der Waals surface area contributed by atoms with Crippen molar-refractivity contribution >= 4 is 0 Å². The Bertz CT molecular complexity index is 279. The summed E-state index contributed by atoms with van der Waals surface area (Å²) in [5, 5.41) is 21.6. The zero-order valence-electron chi connectivity index (χ0n) is 8.27. The standard InChI is InChI=1S/C10H16N2O2/c1-2-8(13)6-11-7-9-10(14)4-3-5-12-9/h3-5,8,11,13-14H,2,6-7H2,1H3/t8-/m0/s1. The molecule has 0 spiro atoms. The van der Waals surface area contributed by atoms with Crippen LogP contribution in [0.3, 0.4) is 0 Å². The molecule has 0 saturated heterocycles. The summed E-state index contributed by atoms with van der Waals surface area (Å²) in [6.45, 7) is 2.92. The Balaban J connectivity index is 2.35. The van der Waals surface area contributed by atoms with Gasteiger partial charge < -0.3 is 15.5 Å². The lowest BCUT2D eigenvalue weighted by Gasteiger charge is -2.09. The van der Waals surface area contributed by atoms with Crippen molar-refractivity contribution in [3.63, 3.8) is 0 Å². The number of aliphatic hydroxyl groups excluding tert-OH is 1. The van der Waals surface area contributed by atoms with Gasteiger partial charge >= 0.3 is 0 Å². The highest BCUT2D eigenvalue weighted by atomic mass is 16.3. The van der Waals surface area contributed by atoms with E-state index in [9.17, 15) is 10.2 Å². The second-order valence-corrected chi connectivity index (χ2v) is 3.16. The number of aromatic hydroxyl groups is 1. The first-order chi connectivity index (χ1) is 6.74. The fourth-order valence-electron chi connectivity index (χ4n) is 1.07. The Labute approximate surface area is 83.6 Å². The van der Waals surface area contributed by atoms with Gasteiger partial charge in [-0.15, -0.1) is 0 Å². The Kier molecular flexibility index (Phi) is 4.35. The zero-order valence-corrected chi connectivity index (χ0v) is 8.27. The van der Waals surface area contributed by atoms with Crippen molar-refractivity contribution in [2.24, 2.45) is 0 Å². The zero-order chi connectivity index (χ0) is 10.4. The summed E-state index contributed by atoms with van der Waals surface area (Å²) in [4.78, 5) is 4.01. The first kappa shape index (κ1) is 10.9. The van der Waals surface area contributed by atoms with Gasteiger partial charge in [-0.05, 0) is 18.6 Å². The van der Waals surface area contributed by atoms with Crippen molar-refractivity contribution in [1.82, 2.24) is 10.3 Å². The number of aromatic nitrogens is 1. The summed E-state index contributed by atoms with van der Waals surface area (Å²) in [6, 6.07) is 3.28. The molecular formula is C10H16N2O2. The van der Waals surface area contributed by atoms with Gasteiger partial charge in [0.2, 0.25) is 0 Å². The molecule has 0 aromatic carbocycles. The third-order valence-electron chi connectivity index (χ3n) is 2.01. The number of hydrogen-bond donors (Lipinski definition) is 3. The highest BCUT2D eigenvalue weighted by Crippen LogP contribution is 2.11. The van der Waals surface area contributed by atoms with Gasteiger partial charge in [0.05, 0.1) is 11.8 Å². The summed E-state index contributed by atoms with van der Waals surface area (Å²) >= 11 is 0. The van der Waals surface area contributed by atoms with Crippen LogP contribution in [0.2, 0.25) is 0 Å². The van der Waals surface area contributed by atoms with Crippen LogP contribution in [0.5, 0.6) is 5.75 Å². The first-order valence-electron chi connectivity index (χ1n) is 4.75. The summed E-state index contributed by atoms with van der Waals surface area (Å²) in [7, 11) is 0. The molecule has 0 aliphatic rings. The van der Waals surface area contributed by atoms with E-state index in [-0.39, 0.29) is 11.9 Å². The topological polar surface area (TPSA) is 65.4 Å². The van der Waals surface area contributed by atoms with E-state index in [4.69, 9.17) is 0 Å². The van der Waals surface area contributed by atoms with Crippen LogP contribution in [0.15, 0.2) is 18.3 Å². The smallest absolute Gasteiger partial charge is 0.138 e. The van der Waals surface area contributed by atoms with Crippen LogP contribution in [-0.2, 0) is 6.54 Å². The van der Waals surface area contributed by atoms with Crippen molar-refractivity contribution < 1.29 is 10.2 Å². The first-order valence-corrected chi connectivity index (χ1v) is 4.75. The van der Waals surface area contributed by atoms with Crippen molar-refractivity contribution in [3.8, 4) is 5.75 Å². The maximum Gasteiger partial charge on any atom is 0.138 e. The van der Waals surface area contributed by atoms with Crippen molar-refractivity contribution in [3.05, 3.63) is 24.0 Å². The summed E-state index contributed by atoms with van der Waals surface area (Å²) in [5.74, 6) is 0.186. The molecule has 0 aliphatic carbocycles. The predicted molar refractivity (Wildman–Crippen MR) is 53.9 cm³/mol. The molecule has 0 bridgehead atoms. The number of nitrogens with zero attached hydrogens (tertiary/aromatic N) is 1. The summed E-state index contributed by atoms with van der Waals surface area (Å²) in [5.41, 5.74) is 0.607. The van der Waals surface area contributed by atoms with Crippen LogP contribution >= 0.6 is 0 Å². The Hall–Kier alpha value is -1.13. The molecule has 0 aliphatic heterocycles. The molecule has 0 unspecified atom stereocenters. The molecule has 14 heavy (non-hydrogen) atoms. The van der Waals surface area contributed by atoms with Crippen LogP contribution in [0.1, 0.15) is 19.0 Å². The van der Waals surface area contributed by atoms with Gasteiger partial charge in [-0.3, -0.25) is 4.98 Å². The molecule has 4 nitrogen and oxygen atoms in total. The van der Waals surface area contributed by atoms with Crippen LogP contribution in [0, 0.1) is 0 Å². The third-order valence-corrected chi connectivity index (χ3v) is 2.01. The number of aliphatic hydroxyl groups is 1. The minimum absolute atomic E-state index is 0.186. The van der Waals surface area contributed by atoms with E-state index in [2.05, 4.69) is 10.3 Å². The quantitative estimate of drug-likeness (QED) is 0.647. The summed E-state index contributed by atoms with van der Waals surface area (Å²) < 4.78 is 0. The molecule has 4 heteroatoms. The molecule has 1 heterocycles. The van der Waals surface area contributed by atoms with E-state index < -0.39 is 0 Å². The molecule has 1 aromatic rings. The van der Waals surface area contributed by atoms with Crippen LogP contribution < -0.4 is 5.32 Å². The van der Waals surface area contributed by atoms with E-state index in [1.807, 2.05) is 6.92 Å². The van der Waals surface area contributed by atoms with Gasteiger partial charge in [0.15, 0.2) is 0 Å². The van der Waals surface area contributed by atoms with Gasteiger partial charge in [0, 0.05) is 19.3 Å². The average Bonchev–Trinajstić information content (AvgIpc) is 2.20. The molecule has 0 fully saturated rings. The van der Waals surface area contributed by atoms with Gasteiger partial charge in [-0.2, -0.15) is 0 Å². The number of rotatable bonds is 5. The minimum Gasteiger partial charge on any atom is -0.506 e. The molecule has 1 rings (SSSR count). The number of hydrogen-bond acceptors (Lipinski definition) is 4. The molecule has 0 radical (unpaired) electrons. The van der Waals surface area contributed by atoms with E-state index in [0.29, 0.717) is 18.8 Å². The van der Waals surface area contributed by atoms with Crippen LogP contribution in [-0.4, -0.2) is 27.8 Å². The molecule has 1 aromatic heterocycles. The van der Waals surface area contributed by atoms with Gasteiger partial charge in [-0.1, -0.05) is 6.92 Å². The van der Waals surface area contributed by atoms with Crippen LogP contribution in [0.4, 0.5) is 0 Å². The minimum atomic E-state index is -0.333. The molecule has 3 N–H and O–H groups in total. The van der Waals surface area contributed by atoms with Gasteiger partial charge in [0.25, 0.3) is 0 Å². The Morgan fingerprint density at radius 1 is 1.57 bits per heavy atom. The molecule has 0 saturated carbocycles. The van der Waals surface area contributed by atoms with E-state index in [1.165, 1.54) is 0 Å². The highest BCUT2D eigenvalue weighted by molar-refractivity contribution is 5.24. The maximum absolute atomic E-state index is 9.37. The average molecular weight is 196 g/mol. The molecule has 78 valence electrons. The van der Waals surface area contributed by atoms with Gasteiger partial charge in [-0.25, -0.2) is 0 Å². The number of nitrogens with one attached hydrogen (secondary N) is 1. The highest BCUT2D eigenvalue weighted by Gasteiger charge is 2.02. The molecule has 0 amide bonds. The lowest BCUT2D eigenvalue weighted by atomic mass is 10.2.